The summed E-state index contributed by atoms with van der Waals surface area (Å²) in [6.45, 7) is 2.01. The van der Waals surface area contributed by atoms with E-state index in [9.17, 15) is 18.0 Å². The number of hydrogen-bond donors (Lipinski definition) is 1. The van der Waals surface area contributed by atoms with Gasteiger partial charge >= 0.3 is 0 Å². The molecule has 2 unspecified atom stereocenters. The summed E-state index contributed by atoms with van der Waals surface area (Å²) >= 11 is 0. The molecule has 0 spiro atoms. The number of likely N-dealkylation sites (tertiary alicyclic amines) is 1. The van der Waals surface area contributed by atoms with Crippen LogP contribution in [0.5, 0.6) is 5.75 Å². The van der Waals surface area contributed by atoms with E-state index in [0.717, 1.165) is 31.2 Å². The topological polar surface area (TPSA) is 92.8 Å². The number of carbonyl (C=O) groups excluding carboxylic acids is 2. The summed E-state index contributed by atoms with van der Waals surface area (Å²) in [6, 6.07) is 12.0. The van der Waals surface area contributed by atoms with E-state index in [2.05, 4.69) is 4.72 Å². The van der Waals surface area contributed by atoms with Crippen molar-refractivity contribution in [2.24, 2.45) is 11.8 Å². The highest BCUT2D eigenvalue weighted by atomic mass is 32.2. The van der Waals surface area contributed by atoms with Crippen molar-refractivity contribution >= 4 is 27.5 Å². The average molecular weight is 457 g/mol. The molecule has 4 rings (SSSR count). The molecule has 2 amide bonds. The largest absolute Gasteiger partial charge is 0.495 e. The van der Waals surface area contributed by atoms with Gasteiger partial charge in [0.1, 0.15) is 10.6 Å². The Kier molecular flexibility index (Phi) is 6.24. The summed E-state index contributed by atoms with van der Waals surface area (Å²) in [5.74, 6) is -0.553. The number of methoxy groups -OCH3 is 1. The van der Waals surface area contributed by atoms with Gasteiger partial charge in [0.25, 0.3) is 10.0 Å². The molecule has 1 aliphatic heterocycles. The van der Waals surface area contributed by atoms with Crippen molar-refractivity contribution in [2.45, 2.75) is 50.5 Å². The van der Waals surface area contributed by atoms with Crippen LogP contribution in [0, 0.1) is 11.8 Å². The lowest BCUT2D eigenvalue weighted by Gasteiger charge is -2.19. The number of imide groups is 1. The van der Waals surface area contributed by atoms with E-state index in [0.29, 0.717) is 17.7 Å². The molecule has 7 nitrogen and oxygen atoms in total. The average Bonchev–Trinajstić information content (AvgIpc) is 3.04. The number of carbonyl (C=O) groups is 2. The molecule has 1 N–H and O–H groups in total. The summed E-state index contributed by atoms with van der Waals surface area (Å²) < 4.78 is 34.4. The third-order valence-corrected chi connectivity index (χ3v) is 7.82. The van der Waals surface area contributed by atoms with Gasteiger partial charge in [0.05, 0.1) is 31.2 Å². The number of anilines is 1. The minimum atomic E-state index is -3.96. The monoisotopic (exact) mass is 456 g/mol. The fourth-order valence-electron chi connectivity index (χ4n) is 4.73. The first-order valence-corrected chi connectivity index (χ1v) is 12.5. The highest BCUT2D eigenvalue weighted by molar-refractivity contribution is 7.92. The first kappa shape index (κ1) is 22.3. The lowest BCUT2D eigenvalue weighted by molar-refractivity contribution is -0.140. The van der Waals surface area contributed by atoms with E-state index in [1.54, 1.807) is 24.3 Å². The SMILES string of the molecule is CCc1ccccc1NS(=O)(=O)c1cc(CN2C(=O)C3CCCCC3C2=O)ccc1OC. The molecule has 170 valence electrons. The Labute approximate surface area is 188 Å². The molecule has 32 heavy (non-hydrogen) atoms. The van der Waals surface area contributed by atoms with E-state index in [1.807, 2.05) is 19.1 Å². The van der Waals surface area contributed by atoms with Crippen LogP contribution >= 0.6 is 0 Å². The predicted octanol–water partition coefficient (Wildman–Crippen LogP) is 3.73. The molecule has 1 aliphatic carbocycles. The smallest absolute Gasteiger partial charge is 0.265 e. The number of nitrogens with one attached hydrogen (secondary N) is 1. The van der Waals surface area contributed by atoms with Crippen LogP contribution in [0.4, 0.5) is 5.69 Å². The second-order valence-electron chi connectivity index (χ2n) is 8.36. The summed E-state index contributed by atoms with van der Waals surface area (Å²) in [6.07, 6.45) is 4.09. The van der Waals surface area contributed by atoms with Crippen LogP contribution in [0.1, 0.15) is 43.7 Å². The van der Waals surface area contributed by atoms with Crippen LogP contribution in [-0.4, -0.2) is 32.2 Å². The molecule has 2 aromatic rings. The van der Waals surface area contributed by atoms with Gasteiger partial charge < -0.3 is 4.74 Å². The molecular weight excluding hydrogens is 428 g/mol. The van der Waals surface area contributed by atoms with Crippen molar-refractivity contribution in [2.75, 3.05) is 11.8 Å². The van der Waals surface area contributed by atoms with Crippen LogP contribution in [0.2, 0.25) is 0 Å². The Morgan fingerprint density at radius 1 is 1.03 bits per heavy atom. The van der Waals surface area contributed by atoms with Gasteiger partial charge in [-0.3, -0.25) is 19.2 Å². The maximum atomic E-state index is 13.2. The molecule has 2 atom stereocenters. The zero-order chi connectivity index (χ0) is 22.9. The Hall–Kier alpha value is -2.87. The Morgan fingerprint density at radius 2 is 1.69 bits per heavy atom. The van der Waals surface area contributed by atoms with Crippen molar-refractivity contribution < 1.29 is 22.7 Å². The summed E-state index contributed by atoms with van der Waals surface area (Å²) in [7, 11) is -2.55. The van der Waals surface area contributed by atoms with Gasteiger partial charge in [-0.2, -0.15) is 0 Å². The van der Waals surface area contributed by atoms with Gasteiger partial charge in [-0.1, -0.05) is 44.0 Å². The van der Waals surface area contributed by atoms with Crippen LogP contribution < -0.4 is 9.46 Å². The van der Waals surface area contributed by atoms with Crippen molar-refractivity contribution in [1.82, 2.24) is 4.90 Å². The molecule has 0 bridgehead atoms. The number of aryl methyl sites for hydroxylation is 1. The highest BCUT2D eigenvalue weighted by Gasteiger charge is 2.47. The zero-order valence-corrected chi connectivity index (χ0v) is 19.2. The zero-order valence-electron chi connectivity index (χ0n) is 18.3. The number of rotatable bonds is 7. The number of nitrogens with zero attached hydrogens (tertiary/aromatic N) is 1. The van der Waals surface area contributed by atoms with Gasteiger partial charge in [-0.25, -0.2) is 8.42 Å². The summed E-state index contributed by atoms with van der Waals surface area (Å²) in [4.78, 5) is 26.9. The first-order chi connectivity index (χ1) is 15.4. The van der Waals surface area contributed by atoms with Gasteiger partial charge in [0.15, 0.2) is 0 Å². The van der Waals surface area contributed by atoms with Crippen molar-refractivity contribution in [1.29, 1.82) is 0 Å². The minimum absolute atomic E-state index is 0.0279. The Morgan fingerprint density at radius 3 is 2.31 bits per heavy atom. The molecule has 1 saturated heterocycles. The van der Waals surface area contributed by atoms with E-state index in [4.69, 9.17) is 4.74 Å². The fourth-order valence-corrected chi connectivity index (χ4v) is 6.05. The quantitative estimate of drug-likeness (QED) is 0.641. The van der Waals surface area contributed by atoms with Crippen LogP contribution in [0.25, 0.3) is 0 Å². The van der Waals surface area contributed by atoms with E-state index >= 15 is 0 Å². The molecule has 2 fully saturated rings. The molecular formula is C24H28N2O5S. The lowest BCUT2D eigenvalue weighted by Crippen LogP contribution is -2.30. The normalized spacial score (nSPS) is 20.9. The number of fused-ring (bicyclic) bond motifs is 1. The summed E-state index contributed by atoms with van der Waals surface area (Å²) in [5.41, 5.74) is 1.95. The van der Waals surface area contributed by atoms with Crippen molar-refractivity contribution in [3.63, 3.8) is 0 Å². The second-order valence-corrected chi connectivity index (χ2v) is 10.0. The molecule has 0 aromatic heterocycles. The molecule has 2 aromatic carbocycles. The van der Waals surface area contributed by atoms with E-state index < -0.39 is 10.0 Å². The van der Waals surface area contributed by atoms with Gasteiger partial charge in [0, 0.05) is 0 Å². The van der Waals surface area contributed by atoms with Crippen LogP contribution in [0.15, 0.2) is 47.4 Å². The minimum Gasteiger partial charge on any atom is -0.495 e. The standard InChI is InChI=1S/C24H28N2O5S/c1-3-17-8-4-7-11-20(17)25-32(29,30)22-14-16(12-13-21(22)31-2)15-26-23(27)18-9-5-6-10-19(18)24(26)28/h4,7-8,11-14,18-19,25H,3,5-6,9-10,15H2,1-2H3. The van der Waals surface area contributed by atoms with Crippen LogP contribution in [0.3, 0.4) is 0 Å². The number of amides is 2. The van der Waals surface area contributed by atoms with Gasteiger partial charge in [-0.05, 0) is 48.6 Å². The second kappa shape index (κ2) is 8.94. The Balaban J connectivity index is 1.63. The number of sulfonamides is 1. The molecule has 2 aliphatic rings. The highest BCUT2D eigenvalue weighted by Crippen LogP contribution is 2.39. The van der Waals surface area contributed by atoms with E-state index in [-0.39, 0.29) is 40.8 Å². The van der Waals surface area contributed by atoms with Crippen molar-refractivity contribution in [3.8, 4) is 5.75 Å². The Bertz CT molecular complexity index is 1120. The molecule has 1 heterocycles. The maximum absolute atomic E-state index is 13.2. The molecule has 0 radical (unpaired) electrons. The lowest BCUT2D eigenvalue weighted by atomic mass is 9.81. The number of para-hydroxylation sites is 1. The number of hydrogen-bond acceptors (Lipinski definition) is 5. The predicted molar refractivity (Wildman–Crippen MR) is 121 cm³/mol. The van der Waals surface area contributed by atoms with Crippen molar-refractivity contribution in [3.05, 3.63) is 53.6 Å². The maximum Gasteiger partial charge on any atom is 0.265 e. The van der Waals surface area contributed by atoms with Gasteiger partial charge in [-0.15, -0.1) is 0 Å². The molecule has 1 saturated carbocycles. The first-order valence-electron chi connectivity index (χ1n) is 11.0. The van der Waals surface area contributed by atoms with Gasteiger partial charge in [0.2, 0.25) is 11.8 Å². The molecule has 8 heteroatoms. The van der Waals surface area contributed by atoms with Crippen LogP contribution in [-0.2, 0) is 32.6 Å². The fraction of sp³-hybridized carbons (Fsp3) is 0.417. The summed E-state index contributed by atoms with van der Waals surface area (Å²) in [5, 5.41) is 0. The third kappa shape index (κ3) is 4.11. The third-order valence-electron chi connectivity index (χ3n) is 6.43. The van der Waals surface area contributed by atoms with E-state index in [1.165, 1.54) is 18.1 Å². The number of ether oxygens (including phenoxy) is 1. The number of benzene rings is 2.